The van der Waals surface area contributed by atoms with Crippen molar-refractivity contribution in [3.8, 4) is 0 Å². The number of H-pyrrole nitrogens is 2. The molecule has 4 N–H and O–H groups in total. The fourth-order valence-corrected chi connectivity index (χ4v) is 2.38. The number of benzene rings is 2. The Kier molecular flexibility index (Phi) is 3.60. The number of nitrogens with two attached hydrogens (primary N) is 1. The Labute approximate surface area is 124 Å². The molecule has 0 amide bonds. The van der Waals surface area contributed by atoms with Gasteiger partial charge in [0.15, 0.2) is 0 Å². The van der Waals surface area contributed by atoms with Crippen LogP contribution in [0.4, 0.5) is 4.39 Å². The third kappa shape index (κ3) is 2.68. The van der Waals surface area contributed by atoms with Gasteiger partial charge in [-0.25, -0.2) is 4.39 Å². The van der Waals surface area contributed by atoms with Crippen LogP contribution in [0.25, 0.3) is 11.0 Å². The predicted octanol–water partition coefficient (Wildman–Crippen LogP) is 1.60. The topological polar surface area (TPSA) is 91.7 Å². The molecule has 0 bridgehead atoms. The maximum Gasteiger partial charge on any atom is 0.314 e. The second-order valence-corrected chi connectivity index (χ2v) is 5.12. The first-order valence-corrected chi connectivity index (χ1v) is 6.80. The fraction of sp³-hybridized carbons (Fsp3) is 0.125. The highest BCUT2D eigenvalue weighted by molar-refractivity contribution is 5.74. The van der Waals surface area contributed by atoms with Crippen molar-refractivity contribution in [1.29, 1.82) is 0 Å². The molecule has 1 atom stereocenters. The molecule has 0 aliphatic carbocycles. The number of aromatic nitrogens is 2. The third-order valence-electron chi connectivity index (χ3n) is 3.57. The molecule has 1 aromatic heterocycles. The molecule has 6 heteroatoms. The molecule has 0 fully saturated rings. The van der Waals surface area contributed by atoms with Crippen LogP contribution in [0.2, 0.25) is 0 Å². The average Bonchev–Trinajstić information content (AvgIpc) is 2.50. The van der Waals surface area contributed by atoms with E-state index in [-0.39, 0.29) is 5.82 Å². The Bertz CT molecular complexity index is 946. The Morgan fingerprint density at radius 3 is 2.41 bits per heavy atom. The quantitative estimate of drug-likeness (QED) is 0.641. The van der Waals surface area contributed by atoms with Crippen molar-refractivity contribution in [2.24, 2.45) is 5.73 Å². The van der Waals surface area contributed by atoms with Gasteiger partial charge in [0.2, 0.25) is 0 Å². The van der Waals surface area contributed by atoms with Crippen LogP contribution in [-0.4, -0.2) is 9.97 Å². The summed E-state index contributed by atoms with van der Waals surface area (Å²) in [6, 6.07) is 11.2. The summed E-state index contributed by atoms with van der Waals surface area (Å²) in [4.78, 5) is 27.6. The number of nitrogens with one attached hydrogen (secondary N) is 2. The minimum absolute atomic E-state index is 0.295. The second kappa shape index (κ2) is 5.57. The van der Waals surface area contributed by atoms with E-state index >= 15 is 0 Å². The Hall–Kier alpha value is -2.73. The van der Waals surface area contributed by atoms with Gasteiger partial charge in [-0.1, -0.05) is 24.3 Å². The molecule has 112 valence electrons. The fourth-order valence-electron chi connectivity index (χ4n) is 2.38. The van der Waals surface area contributed by atoms with Crippen LogP contribution in [0.15, 0.2) is 52.1 Å². The van der Waals surface area contributed by atoms with Crippen LogP contribution < -0.4 is 16.9 Å². The summed E-state index contributed by atoms with van der Waals surface area (Å²) in [5.74, 6) is -0.295. The lowest BCUT2D eigenvalue weighted by atomic mass is 9.99. The lowest BCUT2D eigenvalue weighted by Crippen LogP contribution is -2.29. The van der Waals surface area contributed by atoms with E-state index in [9.17, 15) is 14.0 Å². The molecule has 0 saturated heterocycles. The molecule has 1 unspecified atom stereocenters. The largest absolute Gasteiger partial charge is 0.324 e. The number of aromatic amines is 2. The Morgan fingerprint density at radius 2 is 1.68 bits per heavy atom. The van der Waals surface area contributed by atoms with Gasteiger partial charge in [-0.3, -0.25) is 9.59 Å². The van der Waals surface area contributed by atoms with E-state index in [2.05, 4.69) is 9.97 Å². The van der Waals surface area contributed by atoms with Gasteiger partial charge >= 0.3 is 11.1 Å². The van der Waals surface area contributed by atoms with Crippen molar-refractivity contribution in [3.05, 3.63) is 80.1 Å². The molecule has 22 heavy (non-hydrogen) atoms. The molecular weight excluding hydrogens is 285 g/mol. The Morgan fingerprint density at radius 1 is 1.00 bits per heavy atom. The smallest absolute Gasteiger partial charge is 0.314 e. The number of rotatable bonds is 3. The van der Waals surface area contributed by atoms with E-state index in [0.29, 0.717) is 23.0 Å². The van der Waals surface area contributed by atoms with Crippen LogP contribution >= 0.6 is 0 Å². The highest BCUT2D eigenvalue weighted by Crippen LogP contribution is 2.20. The highest BCUT2D eigenvalue weighted by atomic mass is 19.1. The predicted molar refractivity (Wildman–Crippen MR) is 82.2 cm³/mol. The lowest BCUT2D eigenvalue weighted by molar-refractivity contribution is 0.593. The van der Waals surface area contributed by atoms with Gasteiger partial charge in [0.25, 0.3) is 0 Å². The van der Waals surface area contributed by atoms with E-state index < -0.39 is 17.2 Å². The second-order valence-electron chi connectivity index (χ2n) is 5.12. The van der Waals surface area contributed by atoms with Gasteiger partial charge in [-0.05, 0) is 35.7 Å². The zero-order valence-electron chi connectivity index (χ0n) is 11.6. The SMILES string of the molecule is NC(Cc1ccccc1F)c1ccc2[nH]c(=O)c(=O)[nH]c2c1. The van der Waals surface area contributed by atoms with Crippen molar-refractivity contribution in [1.82, 2.24) is 9.97 Å². The van der Waals surface area contributed by atoms with Gasteiger partial charge in [-0.15, -0.1) is 0 Å². The van der Waals surface area contributed by atoms with Crippen molar-refractivity contribution >= 4 is 11.0 Å². The Balaban J connectivity index is 1.96. The van der Waals surface area contributed by atoms with Crippen LogP contribution in [0, 0.1) is 5.82 Å². The van der Waals surface area contributed by atoms with E-state index in [4.69, 9.17) is 5.73 Å². The summed E-state index contributed by atoms with van der Waals surface area (Å²) in [5, 5.41) is 0. The van der Waals surface area contributed by atoms with E-state index in [1.54, 1.807) is 36.4 Å². The molecule has 0 saturated carbocycles. The standard InChI is InChI=1S/C16H14FN3O2/c17-11-4-2-1-3-9(11)7-12(18)10-5-6-13-14(8-10)20-16(22)15(21)19-13/h1-6,8,12H,7,18H2,(H,19,21)(H,20,22). The number of hydrogen-bond acceptors (Lipinski definition) is 3. The minimum Gasteiger partial charge on any atom is -0.324 e. The van der Waals surface area contributed by atoms with E-state index in [0.717, 1.165) is 5.56 Å². The molecule has 3 aromatic rings. The summed E-state index contributed by atoms with van der Waals surface area (Å²) in [5.41, 5.74) is 7.00. The minimum atomic E-state index is -0.715. The zero-order chi connectivity index (χ0) is 15.7. The number of hydrogen-bond donors (Lipinski definition) is 3. The molecule has 0 aliphatic rings. The summed E-state index contributed by atoms with van der Waals surface area (Å²) in [6.07, 6.45) is 0.339. The van der Waals surface area contributed by atoms with Gasteiger partial charge < -0.3 is 15.7 Å². The first kappa shape index (κ1) is 14.2. The van der Waals surface area contributed by atoms with Gasteiger partial charge in [0.1, 0.15) is 5.82 Å². The molecule has 5 nitrogen and oxygen atoms in total. The average molecular weight is 299 g/mol. The van der Waals surface area contributed by atoms with E-state index in [1.165, 1.54) is 6.07 Å². The van der Waals surface area contributed by atoms with Gasteiger partial charge in [0, 0.05) is 6.04 Å². The van der Waals surface area contributed by atoms with Gasteiger partial charge in [-0.2, -0.15) is 0 Å². The first-order valence-electron chi connectivity index (χ1n) is 6.80. The van der Waals surface area contributed by atoms with Crippen LogP contribution in [-0.2, 0) is 6.42 Å². The maximum atomic E-state index is 13.7. The first-order chi connectivity index (χ1) is 10.5. The highest BCUT2D eigenvalue weighted by Gasteiger charge is 2.11. The van der Waals surface area contributed by atoms with Crippen molar-refractivity contribution in [3.63, 3.8) is 0 Å². The lowest BCUT2D eigenvalue weighted by Gasteiger charge is -2.13. The third-order valence-corrected chi connectivity index (χ3v) is 3.57. The van der Waals surface area contributed by atoms with Crippen LogP contribution in [0.1, 0.15) is 17.2 Å². The normalized spacial score (nSPS) is 12.5. The number of fused-ring (bicyclic) bond motifs is 1. The molecule has 1 heterocycles. The molecule has 0 spiro atoms. The van der Waals surface area contributed by atoms with E-state index in [1.807, 2.05) is 0 Å². The maximum absolute atomic E-state index is 13.7. The van der Waals surface area contributed by atoms with Crippen LogP contribution in [0.3, 0.4) is 0 Å². The summed E-state index contributed by atoms with van der Waals surface area (Å²) < 4.78 is 13.7. The van der Waals surface area contributed by atoms with Crippen molar-refractivity contribution in [2.75, 3.05) is 0 Å². The van der Waals surface area contributed by atoms with Crippen molar-refractivity contribution in [2.45, 2.75) is 12.5 Å². The molecule has 3 rings (SSSR count). The number of halogens is 1. The molecule has 0 aliphatic heterocycles. The summed E-state index contributed by atoms with van der Waals surface area (Å²) in [7, 11) is 0. The van der Waals surface area contributed by atoms with Gasteiger partial charge in [0.05, 0.1) is 11.0 Å². The molecule has 0 radical (unpaired) electrons. The molecular formula is C16H14FN3O2. The summed E-state index contributed by atoms with van der Waals surface area (Å²) >= 11 is 0. The zero-order valence-corrected chi connectivity index (χ0v) is 11.6. The van der Waals surface area contributed by atoms with Crippen molar-refractivity contribution < 1.29 is 4.39 Å². The monoisotopic (exact) mass is 299 g/mol. The van der Waals surface area contributed by atoms with Crippen LogP contribution in [0.5, 0.6) is 0 Å². The molecule has 2 aromatic carbocycles. The summed E-state index contributed by atoms with van der Waals surface area (Å²) in [6.45, 7) is 0.